The number of benzene rings is 1. The molecule has 0 aliphatic carbocycles. The summed E-state index contributed by atoms with van der Waals surface area (Å²) >= 11 is 8.66. The van der Waals surface area contributed by atoms with E-state index in [1.54, 1.807) is 0 Å². The maximum atomic E-state index is 12.5. The van der Waals surface area contributed by atoms with Crippen molar-refractivity contribution in [2.75, 3.05) is 23.3 Å². The lowest BCUT2D eigenvalue weighted by Gasteiger charge is -2.48. The van der Waals surface area contributed by atoms with E-state index in [1.165, 1.54) is 23.1 Å². The molecule has 13 heteroatoms. The van der Waals surface area contributed by atoms with Crippen LogP contribution in [0.15, 0.2) is 23.0 Å². The Morgan fingerprint density at radius 3 is 2.97 bits per heavy atom. The van der Waals surface area contributed by atoms with Gasteiger partial charge < -0.3 is 26.2 Å². The third kappa shape index (κ3) is 3.73. The minimum atomic E-state index is -1.56. The number of nitrogen functional groups attached to an aromatic ring is 1. The van der Waals surface area contributed by atoms with Crippen LogP contribution in [0.3, 0.4) is 0 Å². The van der Waals surface area contributed by atoms with E-state index in [9.17, 15) is 14.4 Å². The topological polar surface area (TPSA) is 147 Å². The zero-order valence-corrected chi connectivity index (χ0v) is 17.9. The second-order valence-corrected chi connectivity index (χ2v) is 9.22. The largest absolute Gasteiger partial charge is 0.512 e. The third-order valence-corrected chi connectivity index (χ3v) is 7.04. The number of aromatic nitrogens is 1. The van der Waals surface area contributed by atoms with Gasteiger partial charge in [0.15, 0.2) is 5.13 Å². The number of amides is 2. The van der Waals surface area contributed by atoms with Crippen LogP contribution in [0.2, 0.25) is 0 Å². The molecule has 2 aliphatic heterocycles. The predicted molar refractivity (Wildman–Crippen MR) is 114 cm³/mol. The molecule has 2 aromatic rings. The predicted octanol–water partition coefficient (Wildman–Crippen LogP) is 2.10. The SMILES string of the molecule is Cc1cc(NCC(=O)NC2C(=O)N3C(OC(=O)O)=C(Cl)CS[C@@H]23)c2nc(N)sc2c1. The van der Waals surface area contributed by atoms with Crippen LogP contribution in [-0.2, 0) is 14.3 Å². The molecule has 2 aliphatic rings. The van der Waals surface area contributed by atoms with Crippen LogP contribution < -0.4 is 16.4 Å². The lowest BCUT2D eigenvalue weighted by atomic mass is 10.1. The van der Waals surface area contributed by atoms with Crippen molar-refractivity contribution in [3.63, 3.8) is 0 Å². The molecule has 0 bridgehead atoms. The average molecular weight is 470 g/mol. The van der Waals surface area contributed by atoms with Crippen LogP contribution >= 0.6 is 34.7 Å². The summed E-state index contributed by atoms with van der Waals surface area (Å²) in [5.74, 6) is -0.812. The lowest BCUT2D eigenvalue weighted by molar-refractivity contribution is -0.148. The first-order valence-corrected chi connectivity index (χ1v) is 10.9. The number of carbonyl (C=O) groups is 3. The van der Waals surface area contributed by atoms with Crippen LogP contribution in [0.4, 0.5) is 15.6 Å². The number of carboxylic acid groups (broad SMARTS) is 1. The summed E-state index contributed by atoms with van der Waals surface area (Å²) < 4.78 is 5.55. The third-order valence-electron chi connectivity index (χ3n) is 4.47. The van der Waals surface area contributed by atoms with Crippen molar-refractivity contribution in [3.05, 3.63) is 28.6 Å². The number of rotatable bonds is 5. The number of nitrogens with zero attached hydrogens (tertiary/aromatic N) is 2. The summed E-state index contributed by atoms with van der Waals surface area (Å²) in [6.45, 7) is 1.85. The van der Waals surface area contributed by atoms with E-state index in [1.807, 2.05) is 19.1 Å². The number of nitrogens with one attached hydrogen (secondary N) is 2. The fraction of sp³-hybridized carbons (Fsp3) is 0.294. The monoisotopic (exact) mass is 469 g/mol. The minimum absolute atomic E-state index is 0.0772. The molecule has 1 fully saturated rings. The van der Waals surface area contributed by atoms with Crippen molar-refractivity contribution in [1.82, 2.24) is 15.2 Å². The Hall–Kier alpha value is -2.70. The number of aryl methyl sites for hydroxylation is 1. The number of fused-ring (bicyclic) bond motifs is 2. The maximum absolute atomic E-state index is 12.5. The van der Waals surface area contributed by atoms with Gasteiger partial charge >= 0.3 is 6.16 Å². The summed E-state index contributed by atoms with van der Waals surface area (Å²) in [4.78, 5) is 41.2. The summed E-state index contributed by atoms with van der Waals surface area (Å²) in [5.41, 5.74) is 8.13. The molecule has 1 aromatic heterocycles. The van der Waals surface area contributed by atoms with Crippen molar-refractivity contribution in [2.45, 2.75) is 18.3 Å². The number of ether oxygens (including phenoxy) is 1. The number of carbonyl (C=O) groups excluding carboxylic acids is 2. The number of anilines is 2. The molecule has 2 atom stereocenters. The van der Waals surface area contributed by atoms with Gasteiger partial charge in [-0.05, 0) is 24.6 Å². The van der Waals surface area contributed by atoms with Crippen molar-refractivity contribution in [2.24, 2.45) is 0 Å². The highest BCUT2D eigenvalue weighted by Gasteiger charge is 2.54. The Balaban J connectivity index is 1.40. The number of nitrogens with two attached hydrogens (primary N) is 1. The van der Waals surface area contributed by atoms with Crippen LogP contribution in [0, 0.1) is 6.92 Å². The first-order valence-electron chi connectivity index (χ1n) is 8.68. The highest BCUT2D eigenvalue weighted by Crippen LogP contribution is 2.41. The summed E-state index contributed by atoms with van der Waals surface area (Å²) in [5, 5.41) is 14.6. The van der Waals surface area contributed by atoms with Crippen LogP contribution in [0.25, 0.3) is 10.2 Å². The molecule has 1 saturated heterocycles. The van der Waals surface area contributed by atoms with E-state index in [0.29, 0.717) is 16.3 Å². The number of halogens is 1. The molecule has 30 heavy (non-hydrogen) atoms. The van der Waals surface area contributed by atoms with E-state index >= 15 is 0 Å². The molecule has 1 aromatic carbocycles. The Kier molecular flexibility index (Phi) is 5.38. The molecule has 0 radical (unpaired) electrons. The Morgan fingerprint density at radius 2 is 2.23 bits per heavy atom. The second-order valence-electron chi connectivity index (χ2n) is 6.60. The summed E-state index contributed by atoms with van der Waals surface area (Å²) in [6, 6.07) is 3.03. The van der Waals surface area contributed by atoms with Crippen molar-refractivity contribution < 1.29 is 24.2 Å². The van der Waals surface area contributed by atoms with Gasteiger partial charge in [-0.1, -0.05) is 22.9 Å². The molecule has 4 rings (SSSR count). The zero-order chi connectivity index (χ0) is 21.6. The average Bonchev–Trinajstić information content (AvgIpc) is 3.05. The molecule has 0 saturated carbocycles. The van der Waals surface area contributed by atoms with Crippen LogP contribution in [0.5, 0.6) is 0 Å². The molecular weight excluding hydrogens is 454 g/mol. The normalized spacial score (nSPS) is 20.6. The van der Waals surface area contributed by atoms with Gasteiger partial charge in [-0.2, -0.15) is 0 Å². The Bertz CT molecular complexity index is 1100. The number of thioether (sulfide) groups is 1. The van der Waals surface area contributed by atoms with Gasteiger partial charge in [0, 0.05) is 5.75 Å². The molecule has 0 spiro atoms. The number of hydrogen-bond donors (Lipinski definition) is 4. The molecule has 10 nitrogen and oxygen atoms in total. The fourth-order valence-electron chi connectivity index (χ4n) is 3.24. The molecule has 2 amide bonds. The highest BCUT2D eigenvalue weighted by molar-refractivity contribution is 8.00. The Morgan fingerprint density at radius 1 is 1.47 bits per heavy atom. The van der Waals surface area contributed by atoms with Gasteiger partial charge in [-0.25, -0.2) is 9.78 Å². The number of β-lactam (4-membered cyclic amide) rings is 1. The smallest absolute Gasteiger partial charge is 0.449 e. The number of thiazole rings is 1. The van der Waals surface area contributed by atoms with E-state index in [4.69, 9.17) is 22.4 Å². The lowest BCUT2D eigenvalue weighted by Crippen LogP contribution is -2.70. The molecule has 1 unspecified atom stereocenters. The van der Waals surface area contributed by atoms with Gasteiger partial charge in [0.2, 0.25) is 11.8 Å². The first-order chi connectivity index (χ1) is 14.2. The van der Waals surface area contributed by atoms with Crippen molar-refractivity contribution in [3.8, 4) is 0 Å². The van der Waals surface area contributed by atoms with Gasteiger partial charge in [0.05, 0.1) is 22.0 Å². The first kappa shape index (κ1) is 20.6. The standard InChI is InChI=1S/C17H16ClN5O5S2/c1-6-2-8(11-9(3-6)30-16(19)22-11)20-4-10(24)21-12-13(25)23-14(28-17(26)27)7(18)5-29-15(12)23/h2-3,12,15,20H,4-5H2,1H3,(H2,19,22)(H,21,24)(H,26,27)/t12?,15-/m0/s1. The summed E-state index contributed by atoms with van der Waals surface area (Å²) in [6.07, 6.45) is -1.56. The van der Waals surface area contributed by atoms with E-state index in [-0.39, 0.29) is 23.2 Å². The Labute approximate surface area is 183 Å². The van der Waals surface area contributed by atoms with E-state index in [2.05, 4.69) is 20.4 Å². The minimum Gasteiger partial charge on any atom is -0.449 e. The van der Waals surface area contributed by atoms with Crippen molar-refractivity contribution in [1.29, 1.82) is 0 Å². The van der Waals surface area contributed by atoms with Gasteiger partial charge in [-0.15, -0.1) is 11.8 Å². The van der Waals surface area contributed by atoms with E-state index < -0.39 is 29.4 Å². The van der Waals surface area contributed by atoms with Gasteiger partial charge in [0.25, 0.3) is 5.91 Å². The fourth-order valence-corrected chi connectivity index (χ4v) is 5.59. The molecular formula is C17H16ClN5O5S2. The quantitative estimate of drug-likeness (QED) is 0.381. The maximum Gasteiger partial charge on any atom is 0.512 e. The number of hydrogen-bond acceptors (Lipinski definition) is 9. The van der Waals surface area contributed by atoms with Gasteiger partial charge in [-0.3, -0.25) is 14.5 Å². The molecule has 3 heterocycles. The van der Waals surface area contributed by atoms with Crippen LogP contribution in [0.1, 0.15) is 5.56 Å². The molecule has 158 valence electrons. The van der Waals surface area contributed by atoms with E-state index in [0.717, 1.165) is 15.2 Å². The zero-order valence-electron chi connectivity index (χ0n) is 15.5. The van der Waals surface area contributed by atoms with Crippen LogP contribution in [-0.4, -0.2) is 56.7 Å². The highest BCUT2D eigenvalue weighted by atomic mass is 35.5. The van der Waals surface area contributed by atoms with Gasteiger partial charge in [0.1, 0.15) is 16.9 Å². The van der Waals surface area contributed by atoms with Crippen molar-refractivity contribution >= 4 is 73.7 Å². The second kappa shape index (κ2) is 7.85. The molecule has 5 N–H and O–H groups in total. The summed E-state index contributed by atoms with van der Waals surface area (Å²) in [7, 11) is 0.